The minimum Gasteiger partial charge on any atom is -0.496 e. The molecule has 1 atom stereocenters. The van der Waals surface area contributed by atoms with Crippen molar-refractivity contribution in [2.75, 3.05) is 7.11 Å². The lowest BCUT2D eigenvalue weighted by Gasteiger charge is -2.13. The first-order chi connectivity index (χ1) is 9.20. The zero-order chi connectivity index (χ0) is 13.7. The summed E-state index contributed by atoms with van der Waals surface area (Å²) in [5, 5.41) is 5.01. The molecule has 0 spiro atoms. The number of thiophene rings is 1. The molecule has 3 nitrogen and oxygen atoms in total. The van der Waals surface area contributed by atoms with E-state index in [1.54, 1.807) is 18.4 Å². The monoisotopic (exact) mass is 275 g/mol. The Balaban J connectivity index is 1.98. The number of rotatable bonds is 5. The van der Waals surface area contributed by atoms with Gasteiger partial charge in [0.2, 0.25) is 5.91 Å². The smallest absolute Gasteiger partial charge is 0.225 e. The van der Waals surface area contributed by atoms with E-state index in [1.807, 2.05) is 48.7 Å². The van der Waals surface area contributed by atoms with Gasteiger partial charge in [0.05, 0.1) is 19.6 Å². The molecule has 1 unspecified atom stereocenters. The van der Waals surface area contributed by atoms with Gasteiger partial charge in [-0.1, -0.05) is 24.3 Å². The van der Waals surface area contributed by atoms with Crippen molar-refractivity contribution in [3.8, 4) is 5.75 Å². The summed E-state index contributed by atoms with van der Waals surface area (Å²) in [7, 11) is 1.62. The number of hydrogen-bond donors (Lipinski definition) is 1. The van der Waals surface area contributed by atoms with Gasteiger partial charge in [0.25, 0.3) is 0 Å². The normalized spacial score (nSPS) is 11.9. The molecule has 100 valence electrons. The zero-order valence-corrected chi connectivity index (χ0v) is 11.9. The third kappa shape index (κ3) is 3.58. The Kier molecular flexibility index (Phi) is 4.58. The summed E-state index contributed by atoms with van der Waals surface area (Å²) in [5.41, 5.74) is 0.904. The summed E-state index contributed by atoms with van der Waals surface area (Å²) in [5.74, 6) is 0.756. The number of para-hydroxylation sites is 1. The van der Waals surface area contributed by atoms with Crippen LogP contribution < -0.4 is 10.1 Å². The molecule has 0 saturated carbocycles. The topological polar surface area (TPSA) is 38.3 Å². The van der Waals surface area contributed by atoms with Gasteiger partial charge in [-0.2, -0.15) is 0 Å². The molecule has 1 amide bonds. The van der Waals surface area contributed by atoms with Crippen molar-refractivity contribution in [3.05, 3.63) is 52.2 Å². The second-order valence-electron chi connectivity index (χ2n) is 4.29. The standard InChI is InChI=1S/C15H17NO2S/c1-11(14-8-5-9-19-14)16-15(17)10-12-6-3-4-7-13(12)18-2/h3-9,11H,10H2,1-2H3,(H,16,17). The van der Waals surface area contributed by atoms with Gasteiger partial charge in [0.15, 0.2) is 0 Å². The first-order valence-corrected chi connectivity index (χ1v) is 7.03. The fourth-order valence-electron chi connectivity index (χ4n) is 1.92. The molecule has 2 rings (SSSR count). The van der Waals surface area contributed by atoms with Crippen LogP contribution >= 0.6 is 11.3 Å². The number of ether oxygens (including phenoxy) is 1. The number of amides is 1. The highest BCUT2D eigenvalue weighted by Gasteiger charge is 2.12. The zero-order valence-electron chi connectivity index (χ0n) is 11.1. The number of benzene rings is 1. The molecule has 0 bridgehead atoms. The lowest BCUT2D eigenvalue weighted by molar-refractivity contribution is -0.121. The van der Waals surface area contributed by atoms with Crippen molar-refractivity contribution >= 4 is 17.2 Å². The summed E-state index contributed by atoms with van der Waals surface area (Å²) >= 11 is 1.65. The van der Waals surface area contributed by atoms with Crippen molar-refractivity contribution < 1.29 is 9.53 Å². The second-order valence-corrected chi connectivity index (χ2v) is 5.27. The third-order valence-electron chi connectivity index (χ3n) is 2.89. The molecule has 0 fully saturated rings. The fourth-order valence-corrected chi connectivity index (χ4v) is 2.66. The summed E-state index contributed by atoms with van der Waals surface area (Å²) in [4.78, 5) is 13.2. The molecule has 1 N–H and O–H groups in total. The van der Waals surface area contributed by atoms with E-state index in [-0.39, 0.29) is 11.9 Å². The van der Waals surface area contributed by atoms with Crippen LogP contribution in [0.2, 0.25) is 0 Å². The number of hydrogen-bond acceptors (Lipinski definition) is 3. The van der Waals surface area contributed by atoms with E-state index in [9.17, 15) is 4.79 Å². The summed E-state index contributed by atoms with van der Waals surface area (Å²) < 4.78 is 5.25. The fraction of sp³-hybridized carbons (Fsp3) is 0.267. The number of nitrogens with one attached hydrogen (secondary N) is 1. The maximum absolute atomic E-state index is 12.0. The highest BCUT2D eigenvalue weighted by atomic mass is 32.1. The number of methoxy groups -OCH3 is 1. The van der Waals surface area contributed by atoms with E-state index in [0.717, 1.165) is 16.2 Å². The van der Waals surface area contributed by atoms with Crippen molar-refractivity contribution in [2.24, 2.45) is 0 Å². The third-order valence-corrected chi connectivity index (χ3v) is 3.95. The van der Waals surface area contributed by atoms with Crippen LogP contribution in [0.15, 0.2) is 41.8 Å². The lowest BCUT2D eigenvalue weighted by atomic mass is 10.1. The largest absolute Gasteiger partial charge is 0.496 e. The SMILES string of the molecule is COc1ccccc1CC(=O)NC(C)c1cccs1. The molecule has 0 aliphatic rings. The Morgan fingerprint density at radius 2 is 2.11 bits per heavy atom. The van der Waals surface area contributed by atoms with Crippen LogP contribution in [-0.2, 0) is 11.2 Å². The van der Waals surface area contributed by atoms with E-state index in [0.29, 0.717) is 6.42 Å². The van der Waals surface area contributed by atoms with E-state index in [2.05, 4.69) is 5.32 Å². The highest BCUT2D eigenvalue weighted by molar-refractivity contribution is 7.10. The molecule has 0 saturated heterocycles. The Bertz CT molecular complexity index is 537. The van der Waals surface area contributed by atoms with Crippen LogP contribution in [0, 0.1) is 0 Å². The van der Waals surface area contributed by atoms with E-state index in [4.69, 9.17) is 4.74 Å². The quantitative estimate of drug-likeness (QED) is 0.910. The predicted octanol–water partition coefficient (Wildman–Crippen LogP) is 3.18. The minimum atomic E-state index is 0.00500. The minimum absolute atomic E-state index is 0.00500. The first kappa shape index (κ1) is 13.6. The van der Waals surface area contributed by atoms with Crippen LogP contribution in [0.1, 0.15) is 23.4 Å². The van der Waals surface area contributed by atoms with Gasteiger partial charge in [-0.25, -0.2) is 0 Å². The molecule has 19 heavy (non-hydrogen) atoms. The molecule has 0 aliphatic heterocycles. The van der Waals surface area contributed by atoms with Gasteiger partial charge in [0, 0.05) is 10.4 Å². The Morgan fingerprint density at radius 1 is 1.32 bits per heavy atom. The predicted molar refractivity (Wildman–Crippen MR) is 77.6 cm³/mol. The average Bonchev–Trinajstić information content (AvgIpc) is 2.93. The average molecular weight is 275 g/mol. The Morgan fingerprint density at radius 3 is 2.79 bits per heavy atom. The molecular formula is C15H17NO2S. The molecular weight excluding hydrogens is 258 g/mol. The van der Waals surface area contributed by atoms with Crippen molar-refractivity contribution in [2.45, 2.75) is 19.4 Å². The number of carbonyl (C=O) groups excluding carboxylic acids is 1. The summed E-state index contributed by atoms with van der Waals surface area (Å²) in [6.07, 6.45) is 0.333. The van der Waals surface area contributed by atoms with E-state index >= 15 is 0 Å². The molecule has 1 heterocycles. The van der Waals surface area contributed by atoms with E-state index < -0.39 is 0 Å². The lowest BCUT2D eigenvalue weighted by Crippen LogP contribution is -2.27. The second kappa shape index (κ2) is 6.38. The molecule has 0 radical (unpaired) electrons. The molecule has 0 aliphatic carbocycles. The van der Waals surface area contributed by atoms with Gasteiger partial charge in [-0.3, -0.25) is 4.79 Å². The number of carbonyl (C=O) groups is 1. The van der Waals surface area contributed by atoms with Crippen LogP contribution in [0.25, 0.3) is 0 Å². The van der Waals surface area contributed by atoms with Crippen molar-refractivity contribution in [1.82, 2.24) is 5.32 Å². The maximum atomic E-state index is 12.0. The van der Waals surface area contributed by atoms with Crippen LogP contribution in [0.5, 0.6) is 5.75 Å². The van der Waals surface area contributed by atoms with Gasteiger partial charge in [0.1, 0.15) is 5.75 Å². The van der Waals surface area contributed by atoms with Crippen LogP contribution in [0.3, 0.4) is 0 Å². The molecule has 1 aromatic heterocycles. The van der Waals surface area contributed by atoms with Crippen LogP contribution in [-0.4, -0.2) is 13.0 Å². The summed E-state index contributed by atoms with van der Waals surface area (Å²) in [6, 6.07) is 11.6. The van der Waals surface area contributed by atoms with Crippen LogP contribution in [0.4, 0.5) is 0 Å². The Hall–Kier alpha value is -1.81. The van der Waals surface area contributed by atoms with Gasteiger partial charge in [-0.05, 0) is 24.4 Å². The van der Waals surface area contributed by atoms with Gasteiger partial charge < -0.3 is 10.1 Å². The molecule has 2 aromatic rings. The van der Waals surface area contributed by atoms with E-state index in [1.165, 1.54) is 0 Å². The highest BCUT2D eigenvalue weighted by Crippen LogP contribution is 2.20. The first-order valence-electron chi connectivity index (χ1n) is 6.15. The van der Waals surface area contributed by atoms with Gasteiger partial charge in [-0.15, -0.1) is 11.3 Å². The summed E-state index contributed by atoms with van der Waals surface area (Å²) in [6.45, 7) is 1.99. The van der Waals surface area contributed by atoms with Crippen molar-refractivity contribution in [1.29, 1.82) is 0 Å². The van der Waals surface area contributed by atoms with Gasteiger partial charge >= 0.3 is 0 Å². The van der Waals surface area contributed by atoms with Crippen molar-refractivity contribution in [3.63, 3.8) is 0 Å². The molecule has 1 aromatic carbocycles. The Labute approximate surface area is 117 Å². The molecule has 4 heteroatoms. The maximum Gasteiger partial charge on any atom is 0.225 e.